The van der Waals surface area contributed by atoms with Crippen molar-refractivity contribution in [3.63, 3.8) is 0 Å². The highest BCUT2D eigenvalue weighted by Crippen LogP contribution is 2.26. The van der Waals surface area contributed by atoms with Gasteiger partial charge in [0.25, 0.3) is 0 Å². The van der Waals surface area contributed by atoms with Crippen LogP contribution in [0.15, 0.2) is 27.2 Å². The van der Waals surface area contributed by atoms with Gasteiger partial charge < -0.3 is 9.84 Å². The van der Waals surface area contributed by atoms with Gasteiger partial charge in [0.05, 0.1) is 10.5 Å². The molecule has 1 fully saturated rings. The van der Waals surface area contributed by atoms with E-state index in [1.165, 1.54) is 6.07 Å². The fourth-order valence-electron chi connectivity index (χ4n) is 2.02. The highest BCUT2D eigenvalue weighted by Gasteiger charge is 2.22. The van der Waals surface area contributed by atoms with Crippen LogP contribution < -0.4 is 5.32 Å². The first kappa shape index (κ1) is 11.8. The maximum atomic E-state index is 13.1. The molecule has 0 radical (unpaired) electrons. The Labute approximate surface area is 112 Å². The summed E-state index contributed by atoms with van der Waals surface area (Å²) in [5, 5.41) is 7.23. The highest BCUT2D eigenvalue weighted by atomic mass is 79.9. The fourth-order valence-corrected chi connectivity index (χ4v) is 2.40. The summed E-state index contributed by atoms with van der Waals surface area (Å²) in [6, 6.07) is 4.81. The minimum atomic E-state index is -0.306. The predicted octanol–water partition coefficient (Wildman–Crippen LogP) is 3.06. The van der Waals surface area contributed by atoms with Gasteiger partial charge in [0.1, 0.15) is 5.82 Å². The van der Waals surface area contributed by atoms with Crippen LogP contribution in [0.1, 0.15) is 24.8 Å². The molecule has 4 nitrogen and oxygen atoms in total. The van der Waals surface area contributed by atoms with Gasteiger partial charge in [0.2, 0.25) is 11.7 Å². The van der Waals surface area contributed by atoms with Crippen molar-refractivity contribution < 1.29 is 8.91 Å². The summed E-state index contributed by atoms with van der Waals surface area (Å²) in [7, 11) is 0. The molecule has 1 N–H and O–H groups in total. The first-order valence-corrected chi connectivity index (χ1v) is 6.56. The van der Waals surface area contributed by atoms with Crippen molar-refractivity contribution in [2.45, 2.75) is 18.9 Å². The average molecular weight is 312 g/mol. The molecule has 94 valence electrons. The van der Waals surface area contributed by atoms with Crippen LogP contribution >= 0.6 is 15.9 Å². The lowest BCUT2D eigenvalue weighted by atomic mass is 10.2. The van der Waals surface area contributed by atoms with E-state index in [2.05, 4.69) is 31.4 Å². The molecule has 1 aliphatic heterocycles. The van der Waals surface area contributed by atoms with Gasteiger partial charge in [-0.25, -0.2) is 4.39 Å². The molecule has 1 unspecified atom stereocenters. The van der Waals surface area contributed by atoms with Crippen LogP contribution in [0.5, 0.6) is 0 Å². The van der Waals surface area contributed by atoms with E-state index in [0.29, 0.717) is 16.2 Å². The summed E-state index contributed by atoms with van der Waals surface area (Å²) in [6.45, 7) is 0.977. The summed E-state index contributed by atoms with van der Waals surface area (Å²) in [4.78, 5) is 4.35. The monoisotopic (exact) mass is 311 g/mol. The second-order valence-electron chi connectivity index (χ2n) is 4.23. The molecule has 0 amide bonds. The van der Waals surface area contributed by atoms with E-state index >= 15 is 0 Å². The van der Waals surface area contributed by atoms with Crippen LogP contribution in [0.3, 0.4) is 0 Å². The van der Waals surface area contributed by atoms with Crippen molar-refractivity contribution in [3.05, 3.63) is 34.4 Å². The van der Waals surface area contributed by atoms with Gasteiger partial charge in [-0.15, -0.1) is 0 Å². The van der Waals surface area contributed by atoms with Gasteiger partial charge in [0, 0.05) is 5.56 Å². The van der Waals surface area contributed by atoms with E-state index in [0.717, 1.165) is 24.9 Å². The highest BCUT2D eigenvalue weighted by molar-refractivity contribution is 9.10. The lowest BCUT2D eigenvalue weighted by Crippen LogP contribution is -2.12. The minimum absolute atomic E-state index is 0.148. The average Bonchev–Trinajstić information content (AvgIpc) is 3.01. The maximum Gasteiger partial charge on any atom is 0.244 e. The smallest absolute Gasteiger partial charge is 0.244 e. The molecule has 0 saturated carbocycles. The first-order chi connectivity index (χ1) is 8.74. The van der Waals surface area contributed by atoms with Gasteiger partial charge in [-0.05, 0) is 53.5 Å². The van der Waals surface area contributed by atoms with Crippen LogP contribution in [-0.2, 0) is 0 Å². The quantitative estimate of drug-likeness (QED) is 0.926. The second kappa shape index (κ2) is 4.78. The van der Waals surface area contributed by atoms with Crippen molar-refractivity contribution in [2.75, 3.05) is 6.54 Å². The number of hydrogen-bond donors (Lipinski definition) is 1. The standard InChI is InChI=1S/C12H11BrFN3O/c13-8-6-7(3-4-9(8)14)11-16-12(18-17-11)10-2-1-5-15-10/h3-4,6,10,15H,1-2,5H2. The number of nitrogens with zero attached hydrogens (tertiary/aromatic N) is 2. The molecule has 1 aliphatic rings. The van der Waals surface area contributed by atoms with Crippen molar-refractivity contribution in [3.8, 4) is 11.4 Å². The summed E-state index contributed by atoms with van der Waals surface area (Å²) in [6.07, 6.45) is 2.12. The van der Waals surface area contributed by atoms with Crippen molar-refractivity contribution in [2.24, 2.45) is 0 Å². The Morgan fingerprint density at radius 1 is 1.44 bits per heavy atom. The largest absolute Gasteiger partial charge is 0.337 e. The number of nitrogens with one attached hydrogen (secondary N) is 1. The van der Waals surface area contributed by atoms with Gasteiger partial charge in [0.15, 0.2) is 0 Å². The number of aromatic nitrogens is 2. The van der Waals surface area contributed by atoms with E-state index in [1.807, 2.05) is 0 Å². The summed E-state index contributed by atoms with van der Waals surface area (Å²) >= 11 is 3.14. The van der Waals surface area contributed by atoms with Crippen molar-refractivity contribution >= 4 is 15.9 Å². The molecule has 2 aromatic rings. The van der Waals surface area contributed by atoms with Crippen molar-refractivity contribution in [1.82, 2.24) is 15.5 Å². The molecular formula is C12H11BrFN3O. The third kappa shape index (κ3) is 2.18. The molecule has 3 rings (SSSR count). The van der Waals surface area contributed by atoms with Gasteiger partial charge in [-0.2, -0.15) is 4.98 Å². The molecule has 1 saturated heterocycles. The number of halogens is 2. The van der Waals surface area contributed by atoms with E-state index in [9.17, 15) is 4.39 Å². The Morgan fingerprint density at radius 2 is 2.33 bits per heavy atom. The molecule has 1 aromatic carbocycles. The lowest BCUT2D eigenvalue weighted by molar-refractivity contribution is 0.345. The molecule has 6 heteroatoms. The Balaban J connectivity index is 1.89. The molecule has 1 aromatic heterocycles. The zero-order valence-electron chi connectivity index (χ0n) is 9.49. The third-order valence-corrected chi connectivity index (χ3v) is 3.59. The van der Waals surface area contributed by atoms with Crippen LogP contribution in [0.4, 0.5) is 4.39 Å². The molecule has 18 heavy (non-hydrogen) atoms. The molecular weight excluding hydrogens is 301 g/mol. The Hall–Kier alpha value is -1.27. The Morgan fingerprint density at radius 3 is 3.06 bits per heavy atom. The molecule has 0 aliphatic carbocycles. The van der Waals surface area contributed by atoms with E-state index in [-0.39, 0.29) is 11.9 Å². The van der Waals surface area contributed by atoms with Crippen LogP contribution in [0.2, 0.25) is 0 Å². The molecule has 0 bridgehead atoms. The third-order valence-electron chi connectivity index (χ3n) is 2.98. The molecule has 0 spiro atoms. The fraction of sp³-hybridized carbons (Fsp3) is 0.333. The summed E-state index contributed by atoms with van der Waals surface area (Å²) < 4.78 is 18.8. The van der Waals surface area contributed by atoms with Crippen LogP contribution in [0.25, 0.3) is 11.4 Å². The number of rotatable bonds is 2. The lowest BCUT2D eigenvalue weighted by Gasteiger charge is -2.01. The summed E-state index contributed by atoms with van der Waals surface area (Å²) in [5.41, 5.74) is 0.733. The SMILES string of the molecule is Fc1ccc(-c2noc(C3CCCN3)n2)cc1Br. The van der Waals surface area contributed by atoms with Gasteiger partial charge in [-0.1, -0.05) is 5.16 Å². The zero-order chi connectivity index (χ0) is 12.5. The molecule has 2 heterocycles. The van der Waals surface area contributed by atoms with E-state index in [4.69, 9.17) is 4.52 Å². The maximum absolute atomic E-state index is 13.1. The van der Waals surface area contributed by atoms with Crippen LogP contribution in [-0.4, -0.2) is 16.7 Å². The van der Waals surface area contributed by atoms with Gasteiger partial charge >= 0.3 is 0 Å². The van der Waals surface area contributed by atoms with E-state index in [1.54, 1.807) is 12.1 Å². The number of benzene rings is 1. The van der Waals surface area contributed by atoms with E-state index < -0.39 is 0 Å². The summed E-state index contributed by atoms with van der Waals surface area (Å²) in [5.74, 6) is 0.780. The Kier molecular flexibility index (Phi) is 3.13. The Bertz CT molecular complexity index is 566. The van der Waals surface area contributed by atoms with Crippen LogP contribution in [0, 0.1) is 5.82 Å². The first-order valence-electron chi connectivity index (χ1n) is 5.76. The van der Waals surface area contributed by atoms with Crippen molar-refractivity contribution in [1.29, 1.82) is 0 Å². The second-order valence-corrected chi connectivity index (χ2v) is 5.09. The normalized spacial score (nSPS) is 19.3. The zero-order valence-corrected chi connectivity index (χ0v) is 11.1. The van der Waals surface area contributed by atoms with Gasteiger partial charge in [-0.3, -0.25) is 0 Å². The minimum Gasteiger partial charge on any atom is -0.337 e. The predicted molar refractivity (Wildman–Crippen MR) is 67.4 cm³/mol. The number of hydrogen-bond acceptors (Lipinski definition) is 4. The topological polar surface area (TPSA) is 51.0 Å². The molecule has 1 atom stereocenters.